The molecule has 0 spiro atoms. The summed E-state index contributed by atoms with van der Waals surface area (Å²) < 4.78 is 5.23. The number of aryl methyl sites for hydroxylation is 2. The standard InChI is InChI=1S/C20H27N3O2S/c1-4-23-11-7-8-16(23)12-21-20(24)17-9-5-6-10-19(17)26-13-18-14(2)22-25-15(18)3/h5-6,9-10,16H,4,7-8,11-13H2,1-3H3,(H,21,24). The molecule has 1 N–H and O–H groups in total. The number of likely N-dealkylation sites (N-methyl/N-ethyl adjacent to an activating group) is 1. The van der Waals surface area contributed by atoms with E-state index in [-0.39, 0.29) is 5.91 Å². The van der Waals surface area contributed by atoms with Crippen molar-refractivity contribution in [2.24, 2.45) is 0 Å². The van der Waals surface area contributed by atoms with Gasteiger partial charge in [0, 0.05) is 28.8 Å². The molecule has 1 fully saturated rings. The van der Waals surface area contributed by atoms with Crippen LogP contribution in [0.3, 0.4) is 0 Å². The molecule has 0 aliphatic carbocycles. The number of likely N-dealkylation sites (tertiary alicyclic amines) is 1. The second-order valence-electron chi connectivity index (χ2n) is 6.72. The first kappa shape index (κ1) is 19.0. The lowest BCUT2D eigenvalue weighted by Gasteiger charge is -2.23. The first-order chi connectivity index (χ1) is 12.6. The van der Waals surface area contributed by atoms with Crippen LogP contribution in [0.5, 0.6) is 0 Å². The minimum absolute atomic E-state index is 0.00909. The number of aromatic nitrogens is 1. The molecule has 0 saturated carbocycles. The Morgan fingerprint density at radius 1 is 1.38 bits per heavy atom. The molecule has 140 valence electrons. The van der Waals surface area contributed by atoms with Crippen molar-refractivity contribution < 1.29 is 9.32 Å². The Balaban J connectivity index is 1.63. The molecule has 1 amide bonds. The average molecular weight is 374 g/mol. The minimum atomic E-state index is 0.00909. The topological polar surface area (TPSA) is 58.4 Å². The molecule has 1 aliphatic heterocycles. The van der Waals surface area contributed by atoms with Crippen molar-refractivity contribution in [1.29, 1.82) is 0 Å². The number of benzene rings is 1. The monoisotopic (exact) mass is 373 g/mol. The lowest BCUT2D eigenvalue weighted by atomic mass is 10.2. The first-order valence-electron chi connectivity index (χ1n) is 9.26. The Bertz CT molecular complexity index is 740. The third-order valence-corrected chi connectivity index (χ3v) is 6.19. The fourth-order valence-corrected chi connectivity index (χ4v) is 4.69. The number of nitrogens with one attached hydrogen (secondary N) is 1. The van der Waals surface area contributed by atoms with E-state index < -0.39 is 0 Å². The second kappa shape index (κ2) is 8.73. The summed E-state index contributed by atoms with van der Waals surface area (Å²) in [7, 11) is 0. The number of amides is 1. The van der Waals surface area contributed by atoms with Crippen LogP contribution in [-0.4, -0.2) is 41.6 Å². The maximum absolute atomic E-state index is 12.7. The molecule has 1 aliphatic rings. The Morgan fingerprint density at radius 3 is 2.92 bits per heavy atom. The molecule has 2 heterocycles. The molecule has 2 aromatic rings. The Hall–Kier alpha value is -1.79. The summed E-state index contributed by atoms with van der Waals surface area (Å²) in [6.07, 6.45) is 2.38. The quantitative estimate of drug-likeness (QED) is 0.748. The maximum atomic E-state index is 12.7. The van der Waals surface area contributed by atoms with E-state index in [0.717, 1.165) is 59.3 Å². The lowest BCUT2D eigenvalue weighted by molar-refractivity contribution is 0.0938. The van der Waals surface area contributed by atoms with Gasteiger partial charge in [-0.3, -0.25) is 9.69 Å². The van der Waals surface area contributed by atoms with Crippen LogP contribution < -0.4 is 5.32 Å². The van der Waals surface area contributed by atoms with Crippen LogP contribution in [-0.2, 0) is 5.75 Å². The van der Waals surface area contributed by atoms with Gasteiger partial charge >= 0.3 is 0 Å². The van der Waals surface area contributed by atoms with E-state index in [1.165, 1.54) is 6.42 Å². The largest absolute Gasteiger partial charge is 0.361 e. The second-order valence-corrected chi connectivity index (χ2v) is 7.74. The average Bonchev–Trinajstić information content (AvgIpc) is 3.24. The van der Waals surface area contributed by atoms with Crippen molar-refractivity contribution in [2.45, 2.75) is 50.3 Å². The van der Waals surface area contributed by atoms with E-state index in [9.17, 15) is 4.79 Å². The summed E-state index contributed by atoms with van der Waals surface area (Å²) in [5.74, 6) is 1.60. The molecule has 3 rings (SSSR count). The van der Waals surface area contributed by atoms with Gasteiger partial charge in [0.15, 0.2) is 0 Å². The number of thioether (sulfide) groups is 1. The number of carbonyl (C=O) groups is 1. The third-order valence-electron chi connectivity index (χ3n) is 5.09. The molecule has 1 atom stereocenters. The summed E-state index contributed by atoms with van der Waals surface area (Å²) in [6, 6.07) is 8.26. The molecule has 0 bridgehead atoms. The van der Waals surface area contributed by atoms with Gasteiger partial charge in [0.25, 0.3) is 5.91 Å². The zero-order valence-electron chi connectivity index (χ0n) is 15.7. The molecule has 0 radical (unpaired) electrons. The van der Waals surface area contributed by atoms with Gasteiger partial charge in [-0.15, -0.1) is 11.8 Å². The van der Waals surface area contributed by atoms with Crippen molar-refractivity contribution in [1.82, 2.24) is 15.4 Å². The van der Waals surface area contributed by atoms with Crippen LogP contribution in [0.2, 0.25) is 0 Å². The van der Waals surface area contributed by atoms with E-state index in [4.69, 9.17) is 4.52 Å². The van der Waals surface area contributed by atoms with Crippen molar-refractivity contribution in [3.05, 3.63) is 46.8 Å². The van der Waals surface area contributed by atoms with Gasteiger partial charge in [0.05, 0.1) is 11.3 Å². The zero-order valence-corrected chi connectivity index (χ0v) is 16.6. The first-order valence-corrected chi connectivity index (χ1v) is 10.2. The van der Waals surface area contributed by atoms with Gasteiger partial charge < -0.3 is 9.84 Å². The molecule has 26 heavy (non-hydrogen) atoms. The Labute approximate surface area is 159 Å². The van der Waals surface area contributed by atoms with Gasteiger partial charge in [0.2, 0.25) is 0 Å². The van der Waals surface area contributed by atoms with Crippen molar-refractivity contribution in [3.63, 3.8) is 0 Å². The van der Waals surface area contributed by atoms with Gasteiger partial charge in [-0.1, -0.05) is 24.2 Å². The van der Waals surface area contributed by atoms with Crippen molar-refractivity contribution in [2.75, 3.05) is 19.6 Å². The van der Waals surface area contributed by atoms with E-state index in [0.29, 0.717) is 6.04 Å². The zero-order chi connectivity index (χ0) is 18.5. The fourth-order valence-electron chi connectivity index (χ4n) is 3.49. The summed E-state index contributed by atoms with van der Waals surface area (Å²) in [5.41, 5.74) is 2.76. The van der Waals surface area contributed by atoms with Crippen molar-refractivity contribution in [3.8, 4) is 0 Å². The minimum Gasteiger partial charge on any atom is -0.361 e. The molecule has 6 heteroatoms. The van der Waals surface area contributed by atoms with Gasteiger partial charge in [-0.2, -0.15) is 0 Å². The molecular formula is C20H27N3O2S. The summed E-state index contributed by atoms with van der Waals surface area (Å²) in [6.45, 7) is 8.96. The number of rotatable bonds is 7. The highest BCUT2D eigenvalue weighted by molar-refractivity contribution is 7.98. The van der Waals surface area contributed by atoms with Crippen LogP contribution in [0.1, 0.15) is 47.1 Å². The predicted octanol–water partition coefficient (Wildman–Crippen LogP) is 3.80. The summed E-state index contributed by atoms with van der Waals surface area (Å²) in [4.78, 5) is 16.2. The summed E-state index contributed by atoms with van der Waals surface area (Å²) >= 11 is 1.65. The molecule has 1 aromatic carbocycles. The fraction of sp³-hybridized carbons (Fsp3) is 0.500. The van der Waals surface area contributed by atoms with Crippen LogP contribution in [0.15, 0.2) is 33.7 Å². The lowest BCUT2D eigenvalue weighted by Crippen LogP contribution is -2.40. The van der Waals surface area contributed by atoms with Gasteiger partial charge in [-0.25, -0.2) is 0 Å². The van der Waals surface area contributed by atoms with Crippen LogP contribution in [0.25, 0.3) is 0 Å². The van der Waals surface area contributed by atoms with Crippen LogP contribution in [0, 0.1) is 13.8 Å². The predicted molar refractivity (Wildman–Crippen MR) is 105 cm³/mol. The summed E-state index contributed by atoms with van der Waals surface area (Å²) in [5, 5.41) is 7.14. The highest BCUT2D eigenvalue weighted by atomic mass is 32.2. The SMILES string of the molecule is CCN1CCCC1CNC(=O)c1ccccc1SCc1c(C)noc1C. The van der Waals surface area contributed by atoms with Crippen LogP contribution >= 0.6 is 11.8 Å². The van der Waals surface area contributed by atoms with Crippen molar-refractivity contribution >= 4 is 17.7 Å². The van der Waals surface area contributed by atoms with Gasteiger partial charge in [-0.05, 0) is 51.9 Å². The highest BCUT2D eigenvalue weighted by Crippen LogP contribution is 2.28. The maximum Gasteiger partial charge on any atom is 0.252 e. The van der Waals surface area contributed by atoms with E-state index in [1.807, 2.05) is 38.1 Å². The smallest absolute Gasteiger partial charge is 0.252 e. The number of nitrogens with zero attached hydrogens (tertiary/aromatic N) is 2. The normalized spacial score (nSPS) is 17.6. The number of carbonyl (C=O) groups excluding carboxylic acids is 1. The van der Waals surface area contributed by atoms with Crippen LogP contribution in [0.4, 0.5) is 0 Å². The van der Waals surface area contributed by atoms with Gasteiger partial charge in [0.1, 0.15) is 5.76 Å². The number of hydrogen-bond donors (Lipinski definition) is 1. The number of hydrogen-bond acceptors (Lipinski definition) is 5. The Kier molecular flexibility index (Phi) is 6.38. The molecule has 5 nitrogen and oxygen atoms in total. The van der Waals surface area contributed by atoms with E-state index in [1.54, 1.807) is 11.8 Å². The molecule has 1 aromatic heterocycles. The Morgan fingerprint density at radius 2 is 2.19 bits per heavy atom. The van der Waals surface area contributed by atoms with E-state index in [2.05, 4.69) is 22.3 Å². The molecule has 1 saturated heterocycles. The van der Waals surface area contributed by atoms with E-state index >= 15 is 0 Å². The highest BCUT2D eigenvalue weighted by Gasteiger charge is 2.23. The molecular weight excluding hydrogens is 346 g/mol. The molecule has 1 unspecified atom stereocenters. The third kappa shape index (κ3) is 4.30.